The summed E-state index contributed by atoms with van der Waals surface area (Å²) in [6, 6.07) is 35.0. The molecule has 268 valence electrons. The number of hydrogen-bond donors (Lipinski definition) is 1. The largest absolute Gasteiger partial charge is 0.497 e. The number of hydrogen-bond acceptors (Lipinski definition) is 10. The fourth-order valence-corrected chi connectivity index (χ4v) is 7.56. The molecule has 0 atom stereocenters. The number of H-pyrrole nitrogens is 1. The van der Waals surface area contributed by atoms with Gasteiger partial charge in [-0.3, -0.25) is 5.10 Å². The van der Waals surface area contributed by atoms with Gasteiger partial charge in [-0.25, -0.2) is 13.4 Å². The lowest BCUT2D eigenvalue weighted by atomic mass is 9.97. The number of nitrogens with zero attached hydrogens (tertiary/aromatic N) is 7. The molecular formula is C39H36N8O5S. The van der Waals surface area contributed by atoms with Crippen LogP contribution >= 0.6 is 0 Å². The smallest absolute Gasteiger partial charge is 0.244 e. The van der Waals surface area contributed by atoms with Crippen molar-refractivity contribution in [3.63, 3.8) is 0 Å². The summed E-state index contributed by atoms with van der Waals surface area (Å²) in [7, 11) is 0.553. The second-order valence-corrected chi connectivity index (χ2v) is 14.0. The van der Waals surface area contributed by atoms with Gasteiger partial charge in [-0.15, -0.1) is 10.2 Å². The Bertz CT molecular complexity index is 2350. The number of rotatable bonds is 14. The standard InChI is InChI=1S/C39H36N8O5S/c1-50-32-16-10-27(11-17-32)23-46(24-28-12-18-33(51-2)19-13-28)53(48,49)36-9-5-8-35(30-6-4-7-31(22-30)38-40-26-41-42-38)37(36)39-43-45-47(44-39)25-29-14-20-34(52-3)21-15-29/h4-22,26H,23-25H2,1-3H3,(H,40,41,42). The van der Waals surface area contributed by atoms with Gasteiger partial charge in [0.15, 0.2) is 5.82 Å². The summed E-state index contributed by atoms with van der Waals surface area (Å²) >= 11 is 0. The molecule has 0 amide bonds. The van der Waals surface area contributed by atoms with E-state index in [1.54, 1.807) is 33.5 Å². The molecule has 0 aliphatic rings. The number of tetrazole rings is 1. The minimum Gasteiger partial charge on any atom is -0.497 e. The molecule has 0 fully saturated rings. The summed E-state index contributed by atoms with van der Waals surface area (Å²) in [5, 5.41) is 20.4. The molecule has 0 aliphatic heterocycles. The highest BCUT2D eigenvalue weighted by atomic mass is 32.2. The summed E-state index contributed by atoms with van der Waals surface area (Å²) in [6.07, 6.45) is 1.44. The highest BCUT2D eigenvalue weighted by Gasteiger charge is 2.31. The number of ether oxygens (including phenoxy) is 3. The zero-order valence-electron chi connectivity index (χ0n) is 29.2. The first-order valence-corrected chi connectivity index (χ1v) is 18.0. The number of nitrogens with one attached hydrogen (secondary N) is 1. The highest BCUT2D eigenvalue weighted by Crippen LogP contribution is 2.38. The average Bonchev–Trinajstić information content (AvgIpc) is 3.92. The van der Waals surface area contributed by atoms with Crippen molar-refractivity contribution >= 4 is 10.0 Å². The van der Waals surface area contributed by atoms with Crippen molar-refractivity contribution in [1.82, 2.24) is 39.7 Å². The van der Waals surface area contributed by atoms with Crippen LogP contribution in [0.2, 0.25) is 0 Å². The van der Waals surface area contributed by atoms with E-state index < -0.39 is 10.0 Å². The number of methoxy groups -OCH3 is 3. The van der Waals surface area contributed by atoms with Crippen LogP contribution in [0.25, 0.3) is 33.9 Å². The van der Waals surface area contributed by atoms with Crippen molar-refractivity contribution in [2.75, 3.05) is 21.3 Å². The van der Waals surface area contributed by atoms with Crippen molar-refractivity contribution in [1.29, 1.82) is 0 Å². The first-order valence-electron chi connectivity index (χ1n) is 16.6. The van der Waals surface area contributed by atoms with E-state index in [4.69, 9.17) is 19.3 Å². The van der Waals surface area contributed by atoms with Gasteiger partial charge in [0.25, 0.3) is 0 Å². The molecule has 0 unspecified atom stereocenters. The Morgan fingerprint density at radius 1 is 0.698 bits per heavy atom. The van der Waals surface area contributed by atoms with Crippen LogP contribution in [0.1, 0.15) is 16.7 Å². The molecule has 53 heavy (non-hydrogen) atoms. The molecular weight excluding hydrogens is 693 g/mol. The van der Waals surface area contributed by atoms with Gasteiger partial charge in [0, 0.05) is 18.7 Å². The van der Waals surface area contributed by atoms with E-state index in [1.807, 2.05) is 103 Å². The summed E-state index contributed by atoms with van der Waals surface area (Å²) in [4.78, 5) is 5.79. The fourth-order valence-electron chi connectivity index (χ4n) is 5.93. The van der Waals surface area contributed by atoms with Crippen molar-refractivity contribution < 1.29 is 22.6 Å². The van der Waals surface area contributed by atoms with E-state index in [9.17, 15) is 0 Å². The Hall–Kier alpha value is -6.38. The van der Waals surface area contributed by atoms with Gasteiger partial charge in [-0.05, 0) is 81.6 Å². The summed E-state index contributed by atoms with van der Waals surface area (Å²) in [6.45, 7) is 0.477. The summed E-state index contributed by atoms with van der Waals surface area (Å²) in [5.41, 5.74) is 4.90. The predicted molar refractivity (Wildman–Crippen MR) is 199 cm³/mol. The Morgan fingerprint density at radius 2 is 1.26 bits per heavy atom. The van der Waals surface area contributed by atoms with Crippen LogP contribution in [0.15, 0.2) is 126 Å². The Balaban J connectivity index is 1.35. The van der Waals surface area contributed by atoms with E-state index in [0.29, 0.717) is 35.0 Å². The van der Waals surface area contributed by atoms with Crippen LogP contribution in [0.5, 0.6) is 17.2 Å². The fraction of sp³-hybridized carbons (Fsp3) is 0.154. The molecule has 14 heteroatoms. The van der Waals surface area contributed by atoms with Crippen LogP contribution in [0.4, 0.5) is 0 Å². The first kappa shape index (κ1) is 35.0. The lowest BCUT2D eigenvalue weighted by Crippen LogP contribution is -2.31. The Morgan fingerprint density at radius 3 is 1.83 bits per heavy atom. The van der Waals surface area contributed by atoms with Crippen LogP contribution in [0, 0.1) is 0 Å². The predicted octanol–water partition coefficient (Wildman–Crippen LogP) is 6.26. The SMILES string of the molecule is COc1ccc(CN(Cc2ccc(OC)cc2)S(=O)(=O)c2cccc(-c3cccc(-c4ncn[nH]4)c3)c2-c2nnn(Cc3ccc(OC)cc3)n2)cc1. The van der Waals surface area contributed by atoms with E-state index in [2.05, 4.69) is 25.5 Å². The highest BCUT2D eigenvalue weighted by molar-refractivity contribution is 7.89. The molecule has 0 aliphatic carbocycles. The van der Waals surface area contributed by atoms with Gasteiger partial charge in [-0.2, -0.15) is 14.2 Å². The summed E-state index contributed by atoms with van der Waals surface area (Å²) in [5.74, 6) is 2.80. The number of aromatic nitrogens is 7. The van der Waals surface area contributed by atoms with Gasteiger partial charge in [0.05, 0.1) is 38.3 Å². The molecule has 2 heterocycles. The monoisotopic (exact) mass is 728 g/mol. The van der Waals surface area contributed by atoms with Crippen LogP contribution in [0.3, 0.4) is 0 Å². The molecule has 13 nitrogen and oxygen atoms in total. The second-order valence-electron chi connectivity index (χ2n) is 12.1. The quantitative estimate of drug-likeness (QED) is 0.136. The minimum atomic E-state index is -4.24. The summed E-state index contributed by atoms with van der Waals surface area (Å²) < 4.78 is 47.7. The topological polar surface area (TPSA) is 150 Å². The van der Waals surface area contributed by atoms with Crippen molar-refractivity contribution in [2.45, 2.75) is 24.5 Å². The van der Waals surface area contributed by atoms with E-state index in [-0.39, 0.29) is 23.8 Å². The van der Waals surface area contributed by atoms with Gasteiger partial charge in [0.1, 0.15) is 23.6 Å². The molecule has 0 saturated carbocycles. The number of benzene rings is 5. The second kappa shape index (κ2) is 15.5. The Labute approximate surface area is 306 Å². The molecule has 0 radical (unpaired) electrons. The maximum Gasteiger partial charge on any atom is 0.244 e. The first-order chi connectivity index (χ1) is 25.8. The molecule has 0 saturated heterocycles. The molecule has 1 N–H and O–H groups in total. The lowest BCUT2D eigenvalue weighted by molar-refractivity contribution is 0.398. The van der Waals surface area contributed by atoms with Crippen LogP contribution < -0.4 is 14.2 Å². The zero-order chi connectivity index (χ0) is 36.8. The van der Waals surface area contributed by atoms with Crippen molar-refractivity contribution in [3.8, 4) is 51.2 Å². The Kier molecular flexibility index (Phi) is 10.2. The minimum absolute atomic E-state index is 0.0334. The molecule has 5 aromatic carbocycles. The van der Waals surface area contributed by atoms with Crippen LogP contribution in [-0.4, -0.2) is 69.4 Å². The number of aromatic amines is 1. The van der Waals surface area contributed by atoms with Crippen molar-refractivity contribution in [3.05, 3.63) is 138 Å². The van der Waals surface area contributed by atoms with Gasteiger partial charge >= 0.3 is 0 Å². The molecule has 2 aromatic heterocycles. The lowest BCUT2D eigenvalue weighted by Gasteiger charge is -2.24. The normalized spacial score (nSPS) is 11.5. The third-order valence-corrected chi connectivity index (χ3v) is 10.5. The molecule has 0 bridgehead atoms. The maximum absolute atomic E-state index is 15.1. The van der Waals surface area contributed by atoms with E-state index in [1.165, 1.54) is 15.4 Å². The molecule has 0 spiro atoms. The maximum atomic E-state index is 15.1. The van der Waals surface area contributed by atoms with Gasteiger partial charge in [-0.1, -0.05) is 66.7 Å². The van der Waals surface area contributed by atoms with Gasteiger partial charge < -0.3 is 14.2 Å². The molecule has 7 aromatic rings. The van der Waals surface area contributed by atoms with E-state index >= 15 is 8.42 Å². The third kappa shape index (κ3) is 7.78. The third-order valence-electron chi connectivity index (χ3n) is 8.70. The molecule has 7 rings (SSSR count). The van der Waals surface area contributed by atoms with Gasteiger partial charge in [0.2, 0.25) is 15.8 Å². The number of sulfonamides is 1. The zero-order valence-corrected chi connectivity index (χ0v) is 30.1. The van der Waals surface area contributed by atoms with Crippen molar-refractivity contribution in [2.24, 2.45) is 0 Å². The van der Waals surface area contributed by atoms with E-state index in [0.717, 1.165) is 33.6 Å². The average molecular weight is 729 g/mol. The van der Waals surface area contributed by atoms with Crippen LogP contribution in [-0.2, 0) is 29.7 Å².